The Morgan fingerprint density at radius 2 is 1.88 bits per heavy atom. The summed E-state index contributed by atoms with van der Waals surface area (Å²) in [6.45, 7) is 0. The first-order valence-corrected chi connectivity index (χ1v) is 5.90. The molecule has 3 aromatic rings. The number of nitrogens with one attached hydrogen (secondary N) is 1. The Morgan fingerprint density at radius 3 is 2.71 bits per heavy atom. The summed E-state index contributed by atoms with van der Waals surface area (Å²) in [5, 5.41) is 2.20. The van der Waals surface area contributed by atoms with E-state index in [-0.39, 0.29) is 5.38 Å². The van der Waals surface area contributed by atoms with E-state index in [1.165, 1.54) is 10.8 Å². The van der Waals surface area contributed by atoms with E-state index in [0.717, 1.165) is 11.3 Å². The third kappa shape index (κ3) is 1.81. The molecule has 3 rings (SSSR count). The van der Waals surface area contributed by atoms with Crippen LogP contribution in [0.15, 0.2) is 55.0 Å². The summed E-state index contributed by atoms with van der Waals surface area (Å²) in [4.78, 5) is 7.07. The number of rotatable bonds is 2. The van der Waals surface area contributed by atoms with E-state index >= 15 is 0 Å². The largest absolute Gasteiger partial charge is 0.347 e. The van der Waals surface area contributed by atoms with Crippen molar-refractivity contribution < 1.29 is 0 Å². The Balaban J connectivity index is 2.17. The van der Waals surface area contributed by atoms with Crippen LogP contribution in [-0.2, 0) is 0 Å². The SMILES string of the molecule is ClC(c1cnc[nH]1)c1cccc2ccccc12. The van der Waals surface area contributed by atoms with Gasteiger partial charge in [0.2, 0.25) is 0 Å². The standard InChI is InChI=1S/C14H11ClN2/c15-14(13-8-16-9-17-13)12-7-3-5-10-4-1-2-6-11(10)12/h1-9,14H,(H,16,17). The number of fused-ring (bicyclic) bond motifs is 1. The molecule has 1 N–H and O–H groups in total. The number of H-pyrrole nitrogens is 1. The molecule has 0 saturated heterocycles. The smallest absolute Gasteiger partial charge is 0.101 e. The van der Waals surface area contributed by atoms with Crippen LogP contribution in [0.5, 0.6) is 0 Å². The van der Waals surface area contributed by atoms with Crippen LogP contribution in [-0.4, -0.2) is 9.97 Å². The molecule has 0 aliphatic carbocycles. The van der Waals surface area contributed by atoms with Crippen molar-refractivity contribution >= 4 is 22.4 Å². The Kier molecular flexibility index (Phi) is 2.57. The van der Waals surface area contributed by atoms with Gasteiger partial charge in [0.25, 0.3) is 0 Å². The molecule has 3 heteroatoms. The topological polar surface area (TPSA) is 28.7 Å². The van der Waals surface area contributed by atoms with Crippen molar-refractivity contribution in [3.63, 3.8) is 0 Å². The molecule has 1 heterocycles. The first kappa shape index (κ1) is 10.4. The molecule has 0 spiro atoms. The van der Waals surface area contributed by atoms with Crippen LogP contribution in [0.2, 0.25) is 0 Å². The summed E-state index contributed by atoms with van der Waals surface area (Å²) < 4.78 is 0. The zero-order chi connectivity index (χ0) is 11.7. The van der Waals surface area contributed by atoms with Crippen molar-refractivity contribution in [2.45, 2.75) is 5.38 Å². The zero-order valence-electron chi connectivity index (χ0n) is 9.10. The summed E-state index contributed by atoms with van der Waals surface area (Å²) in [5.41, 5.74) is 2.03. The molecule has 17 heavy (non-hydrogen) atoms. The van der Waals surface area contributed by atoms with E-state index < -0.39 is 0 Å². The highest BCUT2D eigenvalue weighted by Gasteiger charge is 2.14. The molecule has 0 amide bonds. The maximum absolute atomic E-state index is 6.48. The fraction of sp³-hybridized carbons (Fsp3) is 0.0714. The van der Waals surface area contributed by atoms with Crippen molar-refractivity contribution in [2.75, 3.05) is 0 Å². The van der Waals surface area contributed by atoms with Crippen molar-refractivity contribution in [3.8, 4) is 0 Å². The van der Waals surface area contributed by atoms with Crippen molar-refractivity contribution in [1.82, 2.24) is 9.97 Å². The number of nitrogens with zero attached hydrogens (tertiary/aromatic N) is 1. The number of halogens is 1. The van der Waals surface area contributed by atoms with Gasteiger partial charge < -0.3 is 4.98 Å². The van der Waals surface area contributed by atoms with Gasteiger partial charge in [0.05, 0.1) is 12.0 Å². The third-order valence-corrected chi connectivity index (χ3v) is 3.36. The lowest BCUT2D eigenvalue weighted by Crippen LogP contribution is -1.94. The lowest BCUT2D eigenvalue weighted by Gasteiger charge is -2.11. The predicted molar refractivity (Wildman–Crippen MR) is 70.2 cm³/mol. The maximum atomic E-state index is 6.48. The summed E-state index contributed by atoms with van der Waals surface area (Å²) >= 11 is 6.48. The number of aromatic nitrogens is 2. The van der Waals surface area contributed by atoms with E-state index in [1.807, 2.05) is 18.2 Å². The number of aromatic amines is 1. The first-order chi connectivity index (χ1) is 8.36. The van der Waals surface area contributed by atoms with Crippen LogP contribution in [0.4, 0.5) is 0 Å². The number of benzene rings is 2. The minimum atomic E-state index is -0.191. The van der Waals surface area contributed by atoms with Gasteiger partial charge in [-0.05, 0) is 16.3 Å². The Morgan fingerprint density at radius 1 is 1.06 bits per heavy atom. The molecule has 84 valence electrons. The highest BCUT2D eigenvalue weighted by atomic mass is 35.5. The van der Waals surface area contributed by atoms with Crippen molar-refractivity contribution in [2.24, 2.45) is 0 Å². The fourth-order valence-electron chi connectivity index (χ4n) is 2.04. The van der Waals surface area contributed by atoms with E-state index in [2.05, 4.69) is 34.2 Å². The van der Waals surface area contributed by atoms with Gasteiger partial charge in [0.15, 0.2) is 0 Å². The number of hydrogen-bond donors (Lipinski definition) is 1. The highest BCUT2D eigenvalue weighted by Crippen LogP contribution is 2.32. The maximum Gasteiger partial charge on any atom is 0.101 e. The van der Waals surface area contributed by atoms with E-state index in [1.54, 1.807) is 12.5 Å². The quantitative estimate of drug-likeness (QED) is 0.679. The summed E-state index contributed by atoms with van der Waals surface area (Å²) in [6, 6.07) is 14.4. The number of imidazole rings is 1. The van der Waals surface area contributed by atoms with Crippen LogP contribution >= 0.6 is 11.6 Å². The van der Waals surface area contributed by atoms with Gasteiger partial charge >= 0.3 is 0 Å². The van der Waals surface area contributed by atoms with Crippen LogP contribution in [0.1, 0.15) is 16.6 Å². The van der Waals surface area contributed by atoms with Crippen LogP contribution in [0, 0.1) is 0 Å². The molecule has 0 saturated carbocycles. The minimum Gasteiger partial charge on any atom is -0.347 e. The summed E-state index contributed by atoms with van der Waals surface area (Å²) in [7, 11) is 0. The van der Waals surface area contributed by atoms with Gasteiger partial charge in [-0.1, -0.05) is 42.5 Å². The highest BCUT2D eigenvalue weighted by molar-refractivity contribution is 6.23. The molecule has 0 aliphatic rings. The predicted octanol–water partition coefficient (Wildman–Crippen LogP) is 3.89. The van der Waals surface area contributed by atoms with Gasteiger partial charge in [0, 0.05) is 6.20 Å². The molecule has 0 fully saturated rings. The number of alkyl halides is 1. The molecule has 1 unspecified atom stereocenters. The Bertz CT molecular complexity index is 626. The second-order valence-corrected chi connectivity index (χ2v) is 4.37. The lowest BCUT2D eigenvalue weighted by atomic mass is 10.0. The van der Waals surface area contributed by atoms with Crippen LogP contribution < -0.4 is 0 Å². The van der Waals surface area contributed by atoms with Gasteiger partial charge in [0.1, 0.15) is 5.38 Å². The molecule has 2 aromatic carbocycles. The second-order valence-electron chi connectivity index (χ2n) is 3.94. The minimum absolute atomic E-state index is 0.191. The molecule has 0 aliphatic heterocycles. The normalized spacial score (nSPS) is 12.8. The van der Waals surface area contributed by atoms with Gasteiger partial charge in [-0.15, -0.1) is 11.6 Å². The Hall–Kier alpha value is -1.80. The molecular weight excluding hydrogens is 232 g/mol. The third-order valence-electron chi connectivity index (χ3n) is 2.89. The van der Waals surface area contributed by atoms with Gasteiger partial charge in [-0.2, -0.15) is 0 Å². The average Bonchev–Trinajstić information content (AvgIpc) is 2.91. The summed E-state index contributed by atoms with van der Waals surface area (Å²) in [5.74, 6) is 0. The van der Waals surface area contributed by atoms with Crippen molar-refractivity contribution in [1.29, 1.82) is 0 Å². The average molecular weight is 243 g/mol. The molecule has 0 radical (unpaired) electrons. The van der Waals surface area contributed by atoms with Crippen LogP contribution in [0.25, 0.3) is 10.8 Å². The molecular formula is C14H11ClN2. The van der Waals surface area contributed by atoms with Gasteiger partial charge in [-0.25, -0.2) is 4.98 Å². The van der Waals surface area contributed by atoms with Crippen LogP contribution in [0.3, 0.4) is 0 Å². The first-order valence-electron chi connectivity index (χ1n) is 5.46. The van der Waals surface area contributed by atoms with E-state index in [0.29, 0.717) is 0 Å². The Labute approximate surface area is 104 Å². The molecule has 2 nitrogen and oxygen atoms in total. The zero-order valence-corrected chi connectivity index (χ0v) is 9.85. The lowest BCUT2D eigenvalue weighted by molar-refractivity contribution is 1.08. The van der Waals surface area contributed by atoms with E-state index in [9.17, 15) is 0 Å². The van der Waals surface area contributed by atoms with Gasteiger partial charge in [-0.3, -0.25) is 0 Å². The molecule has 1 atom stereocenters. The number of hydrogen-bond acceptors (Lipinski definition) is 1. The van der Waals surface area contributed by atoms with E-state index in [4.69, 9.17) is 11.6 Å². The van der Waals surface area contributed by atoms with Crippen molar-refractivity contribution in [3.05, 3.63) is 66.2 Å². The second kappa shape index (κ2) is 4.22. The molecule has 1 aromatic heterocycles. The fourth-order valence-corrected chi connectivity index (χ4v) is 2.35. The summed E-state index contributed by atoms with van der Waals surface area (Å²) in [6.07, 6.45) is 3.41. The molecule has 0 bridgehead atoms. The monoisotopic (exact) mass is 242 g/mol.